The van der Waals surface area contributed by atoms with E-state index in [2.05, 4.69) is 33.8 Å². The highest BCUT2D eigenvalue weighted by Crippen LogP contribution is 2.09. The van der Waals surface area contributed by atoms with Crippen LogP contribution in [0.5, 0.6) is 0 Å². The van der Waals surface area contributed by atoms with Crippen LogP contribution < -0.4 is 10.6 Å². The Hall–Kier alpha value is -0.970. The molecule has 0 aliphatic rings. The van der Waals surface area contributed by atoms with Gasteiger partial charge in [-0.1, -0.05) is 0 Å². The average molecular weight is 226 g/mol. The van der Waals surface area contributed by atoms with Gasteiger partial charge in [0.15, 0.2) is 0 Å². The third-order valence-electron chi connectivity index (χ3n) is 1.80. The van der Waals surface area contributed by atoms with E-state index in [9.17, 15) is 0 Å². The van der Waals surface area contributed by atoms with Crippen molar-refractivity contribution >= 4 is 23.4 Å². The van der Waals surface area contributed by atoms with Crippen LogP contribution in [0.2, 0.25) is 0 Å². The van der Waals surface area contributed by atoms with Crippen LogP contribution in [0.3, 0.4) is 0 Å². The quantitative estimate of drug-likeness (QED) is 0.777. The second-order valence-corrected chi connectivity index (χ2v) is 4.23. The zero-order chi connectivity index (χ0) is 11.1. The van der Waals surface area contributed by atoms with Gasteiger partial charge in [-0.15, -0.1) is 0 Å². The van der Waals surface area contributed by atoms with Crippen molar-refractivity contribution in [1.29, 1.82) is 0 Å². The van der Waals surface area contributed by atoms with Gasteiger partial charge in [-0.2, -0.15) is 11.8 Å². The van der Waals surface area contributed by atoms with Crippen LogP contribution in [0.1, 0.15) is 13.8 Å². The number of hydrogen-bond donors (Lipinski definition) is 2. The van der Waals surface area contributed by atoms with Gasteiger partial charge in [0.2, 0.25) is 0 Å². The first-order valence-electron chi connectivity index (χ1n) is 5.07. The van der Waals surface area contributed by atoms with Gasteiger partial charge in [0.1, 0.15) is 11.6 Å². The molecular weight excluding hydrogens is 208 g/mol. The van der Waals surface area contributed by atoms with Gasteiger partial charge in [0.05, 0.1) is 12.4 Å². The molecule has 0 aromatic carbocycles. The van der Waals surface area contributed by atoms with Crippen molar-refractivity contribution in [2.75, 3.05) is 29.2 Å². The lowest BCUT2D eigenvalue weighted by Gasteiger charge is -2.13. The first-order chi connectivity index (χ1) is 7.26. The summed E-state index contributed by atoms with van der Waals surface area (Å²) in [5, 5.41) is 6.44. The summed E-state index contributed by atoms with van der Waals surface area (Å²) in [6, 6.07) is 0.408. The number of aromatic nitrogens is 2. The first kappa shape index (κ1) is 12.1. The second kappa shape index (κ2) is 6.50. The molecule has 0 bridgehead atoms. The Labute approximate surface area is 95.3 Å². The summed E-state index contributed by atoms with van der Waals surface area (Å²) in [4.78, 5) is 8.51. The number of nitrogens with one attached hydrogen (secondary N) is 2. The molecule has 0 amide bonds. The number of thioether (sulfide) groups is 1. The molecule has 1 atom stereocenters. The van der Waals surface area contributed by atoms with Gasteiger partial charge in [-0.05, 0) is 20.1 Å². The van der Waals surface area contributed by atoms with E-state index in [1.165, 1.54) is 0 Å². The minimum Gasteiger partial charge on any atom is -0.369 e. The Morgan fingerprint density at radius 2 is 2.13 bits per heavy atom. The summed E-state index contributed by atoms with van der Waals surface area (Å²) in [6.07, 6.45) is 5.57. The maximum absolute atomic E-state index is 4.39. The molecular formula is C10H18N4S. The molecule has 0 spiro atoms. The molecule has 1 aromatic heterocycles. The molecule has 1 rings (SSSR count). The summed E-state index contributed by atoms with van der Waals surface area (Å²) >= 11 is 1.82. The maximum Gasteiger partial charge on any atom is 0.147 e. The van der Waals surface area contributed by atoms with E-state index >= 15 is 0 Å². The molecule has 1 aromatic rings. The largest absolute Gasteiger partial charge is 0.369 e. The van der Waals surface area contributed by atoms with E-state index in [1.807, 2.05) is 18.7 Å². The smallest absolute Gasteiger partial charge is 0.147 e. The van der Waals surface area contributed by atoms with Crippen molar-refractivity contribution in [2.24, 2.45) is 0 Å². The number of rotatable bonds is 6. The van der Waals surface area contributed by atoms with Crippen LogP contribution in [-0.2, 0) is 0 Å². The average Bonchev–Trinajstić information content (AvgIpc) is 2.19. The molecule has 0 aliphatic heterocycles. The first-order valence-corrected chi connectivity index (χ1v) is 6.47. The highest BCUT2D eigenvalue weighted by molar-refractivity contribution is 7.98. The molecule has 0 fully saturated rings. The Morgan fingerprint density at radius 3 is 2.80 bits per heavy atom. The summed E-state index contributed by atoms with van der Waals surface area (Å²) in [6.45, 7) is 5.04. The SMILES string of the molecule is CCNc1cncc(NC(C)CSC)n1. The summed E-state index contributed by atoms with van der Waals surface area (Å²) in [5.41, 5.74) is 0. The Morgan fingerprint density at radius 1 is 1.40 bits per heavy atom. The predicted molar refractivity (Wildman–Crippen MR) is 67.7 cm³/mol. The van der Waals surface area contributed by atoms with E-state index in [1.54, 1.807) is 12.4 Å². The normalized spacial score (nSPS) is 12.2. The molecule has 15 heavy (non-hydrogen) atoms. The van der Waals surface area contributed by atoms with Crippen molar-refractivity contribution in [3.8, 4) is 0 Å². The minimum absolute atomic E-state index is 0.408. The minimum atomic E-state index is 0.408. The zero-order valence-corrected chi connectivity index (χ0v) is 10.3. The fourth-order valence-electron chi connectivity index (χ4n) is 1.25. The molecule has 0 aliphatic carbocycles. The van der Waals surface area contributed by atoms with Crippen molar-refractivity contribution in [2.45, 2.75) is 19.9 Å². The van der Waals surface area contributed by atoms with E-state index in [0.717, 1.165) is 23.9 Å². The number of nitrogens with zero attached hydrogens (tertiary/aromatic N) is 2. The predicted octanol–water partition coefficient (Wildman–Crippen LogP) is 2.07. The summed E-state index contributed by atoms with van der Waals surface area (Å²) < 4.78 is 0. The van der Waals surface area contributed by atoms with E-state index in [-0.39, 0.29) is 0 Å². The molecule has 4 nitrogen and oxygen atoms in total. The molecule has 1 heterocycles. The van der Waals surface area contributed by atoms with E-state index < -0.39 is 0 Å². The Kier molecular flexibility index (Phi) is 5.25. The van der Waals surface area contributed by atoms with Gasteiger partial charge in [-0.3, -0.25) is 4.98 Å². The third-order valence-corrected chi connectivity index (χ3v) is 2.64. The lowest BCUT2D eigenvalue weighted by Crippen LogP contribution is -2.19. The van der Waals surface area contributed by atoms with Crippen molar-refractivity contribution in [1.82, 2.24) is 9.97 Å². The molecule has 5 heteroatoms. The maximum atomic E-state index is 4.39. The summed E-state index contributed by atoms with van der Waals surface area (Å²) in [5.74, 6) is 2.71. The Bertz CT molecular complexity index is 293. The lowest BCUT2D eigenvalue weighted by molar-refractivity contribution is 0.899. The number of anilines is 2. The second-order valence-electron chi connectivity index (χ2n) is 3.32. The van der Waals surface area contributed by atoms with Crippen LogP contribution in [0.15, 0.2) is 12.4 Å². The molecule has 1 unspecified atom stereocenters. The monoisotopic (exact) mass is 226 g/mol. The van der Waals surface area contributed by atoms with E-state index in [4.69, 9.17) is 0 Å². The van der Waals surface area contributed by atoms with Crippen LogP contribution in [0.25, 0.3) is 0 Å². The number of hydrogen-bond acceptors (Lipinski definition) is 5. The summed E-state index contributed by atoms with van der Waals surface area (Å²) in [7, 11) is 0. The highest BCUT2D eigenvalue weighted by atomic mass is 32.2. The topological polar surface area (TPSA) is 49.8 Å². The van der Waals surface area contributed by atoms with E-state index in [0.29, 0.717) is 6.04 Å². The fraction of sp³-hybridized carbons (Fsp3) is 0.600. The molecule has 2 N–H and O–H groups in total. The third kappa shape index (κ3) is 4.38. The fourth-order valence-corrected chi connectivity index (χ4v) is 1.83. The molecule has 0 saturated carbocycles. The lowest BCUT2D eigenvalue weighted by atomic mass is 10.4. The molecule has 0 saturated heterocycles. The van der Waals surface area contributed by atoms with Crippen LogP contribution in [0, 0.1) is 0 Å². The van der Waals surface area contributed by atoms with Gasteiger partial charge in [-0.25, -0.2) is 4.98 Å². The van der Waals surface area contributed by atoms with Gasteiger partial charge >= 0.3 is 0 Å². The van der Waals surface area contributed by atoms with Gasteiger partial charge in [0.25, 0.3) is 0 Å². The molecule has 0 radical (unpaired) electrons. The van der Waals surface area contributed by atoms with Gasteiger partial charge < -0.3 is 10.6 Å². The van der Waals surface area contributed by atoms with Crippen LogP contribution in [-0.4, -0.2) is 34.6 Å². The standard InChI is InChI=1S/C10H18N4S/c1-4-12-9-5-11-6-10(14-9)13-8(2)7-15-3/h5-6,8H,4,7H2,1-3H3,(H2,12,13,14). The highest BCUT2D eigenvalue weighted by Gasteiger charge is 2.02. The van der Waals surface area contributed by atoms with Crippen molar-refractivity contribution < 1.29 is 0 Å². The zero-order valence-electron chi connectivity index (χ0n) is 9.45. The van der Waals surface area contributed by atoms with Crippen LogP contribution >= 0.6 is 11.8 Å². The van der Waals surface area contributed by atoms with Crippen molar-refractivity contribution in [3.63, 3.8) is 0 Å². The van der Waals surface area contributed by atoms with Crippen LogP contribution in [0.4, 0.5) is 11.6 Å². The van der Waals surface area contributed by atoms with Crippen molar-refractivity contribution in [3.05, 3.63) is 12.4 Å². The molecule has 84 valence electrons. The Balaban J connectivity index is 2.56. The van der Waals surface area contributed by atoms with Gasteiger partial charge in [0, 0.05) is 18.3 Å².